The number of nitrogens with one attached hydrogen (secondary N) is 2. The predicted octanol–water partition coefficient (Wildman–Crippen LogP) is 1.26. The highest BCUT2D eigenvalue weighted by molar-refractivity contribution is 5.83. The van der Waals surface area contributed by atoms with Crippen molar-refractivity contribution in [2.75, 3.05) is 6.54 Å². The summed E-state index contributed by atoms with van der Waals surface area (Å²) >= 11 is 0. The quantitative estimate of drug-likeness (QED) is 0.540. The molecule has 1 amide bonds. The number of alkyl halides is 5. The smallest absolute Gasteiger partial charge is 0.299 e. The number of amides is 1. The Labute approximate surface area is 88.4 Å². The highest BCUT2D eigenvalue weighted by Gasteiger charge is 2.59. The summed E-state index contributed by atoms with van der Waals surface area (Å²) in [6.07, 6.45) is -4.91. The van der Waals surface area contributed by atoms with Crippen molar-refractivity contribution < 1.29 is 26.7 Å². The van der Waals surface area contributed by atoms with Crippen LogP contribution in [0.1, 0.15) is 13.8 Å². The summed E-state index contributed by atoms with van der Waals surface area (Å²) in [5.74, 6) is -4.71. The SMILES string of the molecule is CC1(C)C(C(=O)NC(F)(F)F)NCC1(F)F. The first-order valence-electron chi connectivity index (χ1n) is 4.47. The minimum Gasteiger partial charge on any atom is -0.299 e. The van der Waals surface area contributed by atoms with Gasteiger partial charge in [-0.3, -0.25) is 15.4 Å². The molecule has 0 aromatic rings. The second kappa shape index (κ2) is 3.54. The van der Waals surface area contributed by atoms with Crippen LogP contribution in [0.15, 0.2) is 0 Å². The predicted molar refractivity (Wildman–Crippen MR) is 44.7 cm³/mol. The molecule has 0 aromatic heterocycles. The van der Waals surface area contributed by atoms with Gasteiger partial charge in [-0.25, -0.2) is 8.78 Å². The summed E-state index contributed by atoms with van der Waals surface area (Å²) in [5, 5.41) is 2.82. The molecular weight excluding hydrogens is 235 g/mol. The van der Waals surface area contributed by atoms with Gasteiger partial charge in [0.05, 0.1) is 18.0 Å². The molecule has 0 saturated carbocycles. The van der Waals surface area contributed by atoms with Gasteiger partial charge in [0.15, 0.2) is 0 Å². The van der Waals surface area contributed by atoms with Crippen molar-refractivity contribution in [3.05, 3.63) is 0 Å². The van der Waals surface area contributed by atoms with E-state index in [4.69, 9.17) is 0 Å². The molecule has 0 aliphatic carbocycles. The normalized spacial score (nSPS) is 27.8. The molecule has 0 bridgehead atoms. The van der Waals surface area contributed by atoms with Crippen molar-refractivity contribution in [2.45, 2.75) is 32.1 Å². The highest BCUT2D eigenvalue weighted by Crippen LogP contribution is 2.43. The molecule has 1 unspecified atom stereocenters. The van der Waals surface area contributed by atoms with Crippen LogP contribution in [-0.2, 0) is 4.79 Å². The molecule has 1 rings (SSSR count). The molecule has 1 atom stereocenters. The summed E-state index contributed by atoms with van der Waals surface area (Å²) < 4.78 is 62.1. The summed E-state index contributed by atoms with van der Waals surface area (Å²) in [7, 11) is 0. The molecule has 1 aliphatic rings. The fourth-order valence-electron chi connectivity index (χ4n) is 1.56. The Morgan fingerprint density at radius 1 is 1.38 bits per heavy atom. The van der Waals surface area contributed by atoms with Crippen LogP contribution < -0.4 is 10.6 Å². The number of hydrogen-bond donors (Lipinski definition) is 2. The largest absolute Gasteiger partial charge is 0.484 e. The lowest BCUT2D eigenvalue weighted by Gasteiger charge is -2.30. The third-order valence-corrected chi connectivity index (χ3v) is 2.72. The second-order valence-electron chi connectivity index (χ2n) is 4.23. The number of rotatable bonds is 1. The average Bonchev–Trinajstić information content (AvgIpc) is 2.18. The van der Waals surface area contributed by atoms with Crippen LogP contribution in [0.3, 0.4) is 0 Å². The summed E-state index contributed by atoms with van der Waals surface area (Å²) in [4.78, 5) is 11.1. The summed E-state index contributed by atoms with van der Waals surface area (Å²) in [6, 6.07) is -1.57. The third kappa shape index (κ3) is 2.26. The molecule has 94 valence electrons. The van der Waals surface area contributed by atoms with Crippen LogP contribution >= 0.6 is 0 Å². The van der Waals surface area contributed by atoms with Crippen LogP contribution in [0.2, 0.25) is 0 Å². The zero-order valence-electron chi connectivity index (χ0n) is 8.58. The Kier molecular flexibility index (Phi) is 2.91. The van der Waals surface area contributed by atoms with Crippen molar-refractivity contribution in [3.8, 4) is 0 Å². The van der Waals surface area contributed by atoms with Gasteiger partial charge in [0.25, 0.3) is 5.92 Å². The maximum Gasteiger partial charge on any atom is 0.484 e. The van der Waals surface area contributed by atoms with E-state index in [1.165, 1.54) is 0 Å². The third-order valence-electron chi connectivity index (χ3n) is 2.72. The van der Waals surface area contributed by atoms with E-state index in [9.17, 15) is 26.7 Å². The van der Waals surface area contributed by atoms with Gasteiger partial charge in [0.1, 0.15) is 0 Å². The van der Waals surface area contributed by atoms with Crippen molar-refractivity contribution in [3.63, 3.8) is 0 Å². The maximum absolute atomic E-state index is 13.2. The lowest BCUT2D eigenvalue weighted by molar-refractivity contribution is -0.174. The highest BCUT2D eigenvalue weighted by atomic mass is 19.4. The van der Waals surface area contributed by atoms with Crippen LogP contribution in [0.4, 0.5) is 22.0 Å². The Morgan fingerprint density at radius 3 is 2.19 bits per heavy atom. The molecular formula is C8H11F5N2O. The van der Waals surface area contributed by atoms with Crippen LogP contribution in [-0.4, -0.2) is 30.7 Å². The van der Waals surface area contributed by atoms with Crippen LogP contribution in [0.25, 0.3) is 0 Å². The van der Waals surface area contributed by atoms with Gasteiger partial charge in [0.2, 0.25) is 5.91 Å². The van der Waals surface area contributed by atoms with Gasteiger partial charge in [-0.05, 0) is 0 Å². The van der Waals surface area contributed by atoms with Crippen LogP contribution in [0, 0.1) is 5.41 Å². The number of halogens is 5. The van der Waals surface area contributed by atoms with E-state index in [0.29, 0.717) is 0 Å². The number of carbonyl (C=O) groups excluding carboxylic acids is 1. The van der Waals surface area contributed by atoms with Gasteiger partial charge in [-0.2, -0.15) is 13.2 Å². The number of carbonyl (C=O) groups is 1. The van der Waals surface area contributed by atoms with E-state index in [1.54, 1.807) is 0 Å². The molecule has 0 spiro atoms. The molecule has 1 saturated heterocycles. The summed E-state index contributed by atoms with van der Waals surface area (Å²) in [6.45, 7) is 1.29. The van der Waals surface area contributed by atoms with Gasteiger partial charge in [-0.1, -0.05) is 13.8 Å². The Bertz CT molecular complexity index is 299. The van der Waals surface area contributed by atoms with Crippen molar-refractivity contribution in [1.29, 1.82) is 0 Å². The Balaban J connectivity index is 2.81. The summed E-state index contributed by atoms with van der Waals surface area (Å²) in [5.41, 5.74) is -1.86. The monoisotopic (exact) mass is 246 g/mol. The molecule has 8 heteroatoms. The molecule has 16 heavy (non-hydrogen) atoms. The van der Waals surface area contributed by atoms with Gasteiger partial charge in [-0.15, -0.1) is 0 Å². The van der Waals surface area contributed by atoms with E-state index >= 15 is 0 Å². The first kappa shape index (κ1) is 13.1. The van der Waals surface area contributed by atoms with Crippen LogP contribution in [0.5, 0.6) is 0 Å². The minimum absolute atomic E-state index is 0.720. The van der Waals surface area contributed by atoms with Gasteiger partial charge < -0.3 is 0 Å². The standard InChI is InChI=1S/C8H11F5N2O/c1-6(2)4(14-3-7(6,9)10)5(16)15-8(11,12)13/h4,14H,3H2,1-2H3,(H,15,16). The van der Waals surface area contributed by atoms with E-state index in [-0.39, 0.29) is 0 Å². The first-order chi connectivity index (χ1) is 6.97. The van der Waals surface area contributed by atoms with E-state index in [0.717, 1.165) is 19.2 Å². The van der Waals surface area contributed by atoms with Crippen molar-refractivity contribution in [1.82, 2.24) is 10.6 Å². The van der Waals surface area contributed by atoms with Gasteiger partial charge >= 0.3 is 6.30 Å². The topological polar surface area (TPSA) is 41.1 Å². The average molecular weight is 246 g/mol. The zero-order valence-corrected chi connectivity index (χ0v) is 8.58. The zero-order chi connectivity index (χ0) is 12.8. The lowest BCUT2D eigenvalue weighted by atomic mass is 9.81. The molecule has 1 aliphatic heterocycles. The molecule has 1 fully saturated rings. The van der Waals surface area contributed by atoms with Gasteiger partial charge in [0, 0.05) is 0 Å². The number of hydrogen-bond acceptors (Lipinski definition) is 2. The molecule has 2 N–H and O–H groups in total. The lowest BCUT2D eigenvalue weighted by Crippen LogP contribution is -2.53. The Hall–Kier alpha value is -0.920. The second-order valence-corrected chi connectivity index (χ2v) is 4.23. The van der Waals surface area contributed by atoms with Crippen molar-refractivity contribution >= 4 is 5.91 Å². The van der Waals surface area contributed by atoms with E-state index < -0.39 is 36.1 Å². The molecule has 0 aromatic carbocycles. The first-order valence-corrected chi connectivity index (χ1v) is 4.47. The van der Waals surface area contributed by atoms with Crippen molar-refractivity contribution in [2.24, 2.45) is 5.41 Å². The molecule has 1 heterocycles. The molecule has 0 radical (unpaired) electrons. The van der Waals surface area contributed by atoms with E-state index in [1.807, 2.05) is 0 Å². The van der Waals surface area contributed by atoms with E-state index in [2.05, 4.69) is 5.32 Å². The fraction of sp³-hybridized carbons (Fsp3) is 0.875. The maximum atomic E-state index is 13.2. The minimum atomic E-state index is -4.91. The fourth-order valence-corrected chi connectivity index (χ4v) is 1.56. The Morgan fingerprint density at radius 2 is 1.88 bits per heavy atom. The molecule has 3 nitrogen and oxygen atoms in total.